The van der Waals surface area contributed by atoms with Gasteiger partial charge >= 0.3 is 0 Å². The van der Waals surface area contributed by atoms with Gasteiger partial charge in [-0.3, -0.25) is 0 Å². The van der Waals surface area contributed by atoms with Crippen LogP contribution in [0.2, 0.25) is 0 Å². The molecule has 0 atom stereocenters. The molecule has 1 N–H and O–H groups in total. The largest absolute Gasteiger partial charge is 0.391 e. The molecule has 0 unspecified atom stereocenters. The summed E-state index contributed by atoms with van der Waals surface area (Å²) in [6.07, 6.45) is 4.53. The third-order valence-electron chi connectivity index (χ3n) is 4.45. The lowest BCUT2D eigenvalue weighted by Gasteiger charge is -2.14. The van der Waals surface area contributed by atoms with Gasteiger partial charge in [0.2, 0.25) is 0 Å². The molecule has 0 radical (unpaired) electrons. The first-order valence-corrected chi connectivity index (χ1v) is 7.00. The lowest BCUT2D eigenvalue weighted by molar-refractivity contribution is 0.276. The van der Waals surface area contributed by atoms with E-state index in [0.717, 1.165) is 29.9 Å². The molecule has 2 saturated carbocycles. The second-order valence-electron chi connectivity index (χ2n) is 5.75. The first kappa shape index (κ1) is 11.2. The molecule has 4 rings (SSSR count). The van der Waals surface area contributed by atoms with E-state index in [0.29, 0.717) is 5.92 Å². The van der Waals surface area contributed by atoms with Gasteiger partial charge in [-0.2, -0.15) is 0 Å². The van der Waals surface area contributed by atoms with Crippen LogP contribution in [0.25, 0.3) is 0 Å². The molecule has 2 aliphatic rings. The van der Waals surface area contributed by atoms with Crippen LogP contribution in [-0.2, 0) is 12.0 Å². The van der Waals surface area contributed by atoms with Crippen molar-refractivity contribution >= 4 is 0 Å². The van der Waals surface area contributed by atoms with Crippen LogP contribution in [0.5, 0.6) is 0 Å². The maximum absolute atomic E-state index is 9.70. The zero-order valence-corrected chi connectivity index (χ0v) is 10.8. The van der Waals surface area contributed by atoms with Crippen molar-refractivity contribution in [2.75, 3.05) is 0 Å². The fourth-order valence-electron chi connectivity index (χ4n) is 3.06. The molecule has 2 aromatic rings. The summed E-state index contributed by atoms with van der Waals surface area (Å²) in [4.78, 5) is 0. The molecule has 2 fully saturated rings. The second kappa shape index (κ2) is 3.94. The fraction of sp³-hybridized carbons (Fsp3) is 0.438. The Morgan fingerprint density at radius 3 is 2.53 bits per heavy atom. The van der Waals surface area contributed by atoms with Crippen molar-refractivity contribution in [3.63, 3.8) is 0 Å². The molecule has 98 valence electrons. The van der Waals surface area contributed by atoms with Crippen molar-refractivity contribution in [3.8, 4) is 0 Å². The molecule has 0 saturated heterocycles. The smallest absolute Gasteiger partial charge is 0.145 e. The highest BCUT2D eigenvalue weighted by atomic mass is 16.5. The predicted octanol–water partition coefficient (Wildman–Crippen LogP) is 3.12. The first-order valence-electron chi connectivity index (χ1n) is 7.00. The molecule has 0 aliphatic heterocycles. The van der Waals surface area contributed by atoms with Gasteiger partial charge in [0.1, 0.15) is 5.76 Å². The van der Waals surface area contributed by atoms with E-state index < -0.39 is 0 Å². The summed E-state index contributed by atoms with van der Waals surface area (Å²) in [5.74, 6) is 1.43. The van der Waals surface area contributed by atoms with Crippen molar-refractivity contribution in [3.05, 3.63) is 52.9 Å². The second-order valence-corrected chi connectivity index (χ2v) is 5.75. The molecule has 3 heteroatoms. The number of nitrogens with zero attached hydrogens (tertiary/aromatic N) is 1. The van der Waals surface area contributed by atoms with Crippen LogP contribution in [-0.4, -0.2) is 10.3 Å². The standard InChI is InChI=1S/C16H17NO2/c18-10-13-14(11-6-7-11)19-17-15(13)16(8-9-16)12-4-2-1-3-5-12/h1-5,11,18H,6-10H2. The highest BCUT2D eigenvalue weighted by Crippen LogP contribution is 2.55. The summed E-state index contributed by atoms with van der Waals surface area (Å²) in [6.45, 7) is 0.0409. The van der Waals surface area contributed by atoms with Gasteiger partial charge in [-0.1, -0.05) is 35.5 Å². The van der Waals surface area contributed by atoms with Gasteiger partial charge in [0, 0.05) is 16.9 Å². The zero-order valence-electron chi connectivity index (χ0n) is 10.8. The minimum atomic E-state index is -0.00400. The first-order chi connectivity index (χ1) is 9.35. The third-order valence-corrected chi connectivity index (χ3v) is 4.45. The molecular formula is C16H17NO2. The minimum absolute atomic E-state index is 0.00400. The maximum atomic E-state index is 9.70. The SMILES string of the molecule is OCc1c(C2(c3ccccc3)CC2)noc1C1CC1. The van der Waals surface area contributed by atoms with Crippen molar-refractivity contribution in [1.29, 1.82) is 0 Å². The Bertz CT molecular complexity index is 594. The van der Waals surface area contributed by atoms with E-state index in [2.05, 4.69) is 29.4 Å². The van der Waals surface area contributed by atoms with E-state index in [-0.39, 0.29) is 12.0 Å². The number of hydrogen-bond donors (Lipinski definition) is 1. The summed E-state index contributed by atoms with van der Waals surface area (Å²) in [7, 11) is 0. The van der Waals surface area contributed by atoms with Crippen LogP contribution >= 0.6 is 0 Å². The Morgan fingerprint density at radius 2 is 1.95 bits per heavy atom. The van der Waals surface area contributed by atoms with Crippen molar-refractivity contribution in [1.82, 2.24) is 5.16 Å². The molecule has 1 heterocycles. The average molecular weight is 255 g/mol. The van der Waals surface area contributed by atoms with Crippen LogP contribution in [0.1, 0.15) is 54.2 Å². The monoisotopic (exact) mass is 255 g/mol. The highest BCUT2D eigenvalue weighted by molar-refractivity contribution is 5.46. The summed E-state index contributed by atoms with van der Waals surface area (Å²) in [6, 6.07) is 10.5. The third kappa shape index (κ3) is 1.65. The van der Waals surface area contributed by atoms with Gasteiger partial charge in [-0.05, 0) is 31.2 Å². The van der Waals surface area contributed by atoms with E-state index in [1.807, 2.05) is 6.07 Å². The summed E-state index contributed by atoms with van der Waals surface area (Å²) < 4.78 is 5.55. The van der Waals surface area contributed by atoms with E-state index in [1.54, 1.807) is 0 Å². The zero-order chi connectivity index (χ0) is 12.9. The molecule has 1 aromatic carbocycles. The van der Waals surface area contributed by atoms with Crippen molar-refractivity contribution in [2.24, 2.45) is 0 Å². The summed E-state index contributed by atoms with van der Waals surface area (Å²) >= 11 is 0. The Labute approximate surface area is 112 Å². The van der Waals surface area contributed by atoms with Gasteiger partial charge in [0.25, 0.3) is 0 Å². The number of rotatable bonds is 4. The Hall–Kier alpha value is -1.61. The van der Waals surface area contributed by atoms with Gasteiger partial charge in [-0.25, -0.2) is 0 Å². The topological polar surface area (TPSA) is 46.3 Å². The van der Waals surface area contributed by atoms with Crippen LogP contribution in [0.15, 0.2) is 34.9 Å². The van der Waals surface area contributed by atoms with Gasteiger partial charge < -0.3 is 9.63 Å². The average Bonchev–Trinajstić information content (AvgIpc) is 3.38. The molecule has 1 aromatic heterocycles. The van der Waals surface area contributed by atoms with Gasteiger partial charge in [-0.15, -0.1) is 0 Å². The molecule has 0 amide bonds. The number of benzene rings is 1. The van der Waals surface area contributed by atoms with Gasteiger partial charge in [0.15, 0.2) is 0 Å². The van der Waals surface area contributed by atoms with Crippen LogP contribution in [0, 0.1) is 0 Å². The molecule has 2 aliphatic carbocycles. The summed E-state index contributed by atoms with van der Waals surface area (Å²) in [5, 5.41) is 14.0. The molecule has 0 spiro atoms. The van der Waals surface area contributed by atoms with Crippen molar-refractivity contribution < 1.29 is 9.63 Å². The van der Waals surface area contributed by atoms with E-state index in [4.69, 9.17) is 4.52 Å². The Balaban J connectivity index is 1.80. The predicted molar refractivity (Wildman–Crippen MR) is 70.9 cm³/mol. The number of aromatic nitrogens is 1. The number of aliphatic hydroxyl groups is 1. The van der Waals surface area contributed by atoms with Crippen LogP contribution in [0.3, 0.4) is 0 Å². The molecule has 0 bridgehead atoms. The highest BCUT2D eigenvalue weighted by Gasteiger charge is 2.50. The quantitative estimate of drug-likeness (QED) is 0.913. The van der Waals surface area contributed by atoms with Crippen LogP contribution < -0.4 is 0 Å². The van der Waals surface area contributed by atoms with Crippen LogP contribution in [0.4, 0.5) is 0 Å². The van der Waals surface area contributed by atoms with E-state index in [1.165, 1.54) is 18.4 Å². The lowest BCUT2D eigenvalue weighted by Crippen LogP contribution is -2.12. The van der Waals surface area contributed by atoms with Gasteiger partial charge in [0.05, 0.1) is 12.3 Å². The van der Waals surface area contributed by atoms with Crippen molar-refractivity contribution in [2.45, 2.75) is 43.6 Å². The van der Waals surface area contributed by atoms with E-state index >= 15 is 0 Å². The number of hydrogen-bond acceptors (Lipinski definition) is 3. The Kier molecular flexibility index (Phi) is 2.33. The molecule has 3 nitrogen and oxygen atoms in total. The molecular weight excluding hydrogens is 238 g/mol. The lowest BCUT2D eigenvalue weighted by atomic mass is 9.89. The fourth-order valence-corrected chi connectivity index (χ4v) is 3.06. The minimum Gasteiger partial charge on any atom is -0.391 e. The normalized spacial score (nSPS) is 20.5. The summed E-state index contributed by atoms with van der Waals surface area (Å²) in [5.41, 5.74) is 3.21. The Morgan fingerprint density at radius 1 is 1.21 bits per heavy atom. The maximum Gasteiger partial charge on any atom is 0.145 e. The number of aliphatic hydroxyl groups excluding tert-OH is 1. The molecule has 19 heavy (non-hydrogen) atoms. The van der Waals surface area contributed by atoms with E-state index in [9.17, 15) is 5.11 Å².